The lowest BCUT2D eigenvalue weighted by Gasteiger charge is -2.45. The molecular formula is C18H19FN4O3. The Morgan fingerprint density at radius 2 is 2.15 bits per heavy atom. The van der Waals surface area contributed by atoms with Gasteiger partial charge in [0.15, 0.2) is 0 Å². The summed E-state index contributed by atoms with van der Waals surface area (Å²) >= 11 is 0. The third-order valence-corrected chi connectivity index (χ3v) is 4.37. The predicted molar refractivity (Wildman–Crippen MR) is 91.5 cm³/mol. The molecule has 1 saturated heterocycles. The molecule has 0 atom stereocenters. The Hall–Kier alpha value is -3.03. The second-order valence-electron chi connectivity index (χ2n) is 6.63. The van der Waals surface area contributed by atoms with Crippen LogP contribution in [0.3, 0.4) is 0 Å². The molecule has 7 nitrogen and oxygen atoms in total. The van der Waals surface area contributed by atoms with Crippen LogP contribution in [-0.2, 0) is 15.0 Å². The van der Waals surface area contributed by atoms with Crippen LogP contribution >= 0.6 is 0 Å². The van der Waals surface area contributed by atoms with Crippen LogP contribution in [0.15, 0.2) is 41.3 Å². The molecule has 1 aromatic heterocycles. The van der Waals surface area contributed by atoms with Crippen LogP contribution in [0.5, 0.6) is 0 Å². The number of likely N-dealkylation sites (N-methyl/N-ethyl adjacent to an activating group) is 1. The summed E-state index contributed by atoms with van der Waals surface area (Å²) in [6.07, 6.45) is 1.17. The fourth-order valence-corrected chi connectivity index (χ4v) is 2.85. The molecule has 0 radical (unpaired) electrons. The van der Waals surface area contributed by atoms with Crippen molar-refractivity contribution < 1.29 is 18.4 Å². The zero-order valence-electron chi connectivity index (χ0n) is 14.6. The Balaban J connectivity index is 1.64. The summed E-state index contributed by atoms with van der Waals surface area (Å²) in [6, 6.07) is 5.92. The molecule has 0 N–H and O–H groups in total. The van der Waals surface area contributed by atoms with E-state index in [0.717, 1.165) is 0 Å². The van der Waals surface area contributed by atoms with Gasteiger partial charge in [0.2, 0.25) is 23.6 Å². The average Bonchev–Trinajstić information content (AvgIpc) is 3.08. The SMILES string of the molecule is C=CC(=O)N(C)CC(=O)N1CC(C)(c2nnc(-c3cccc(F)c3)o2)C1. The Bertz CT molecular complexity index is 858. The van der Waals surface area contributed by atoms with Crippen LogP contribution < -0.4 is 0 Å². The number of aromatic nitrogens is 2. The van der Waals surface area contributed by atoms with Crippen LogP contribution in [0.1, 0.15) is 12.8 Å². The molecule has 0 spiro atoms. The summed E-state index contributed by atoms with van der Waals surface area (Å²) in [4.78, 5) is 26.6. The minimum atomic E-state index is -0.463. The highest BCUT2D eigenvalue weighted by Crippen LogP contribution is 2.34. The summed E-state index contributed by atoms with van der Waals surface area (Å²) in [5.74, 6) is -0.214. The van der Waals surface area contributed by atoms with Gasteiger partial charge in [-0.05, 0) is 31.2 Å². The molecule has 0 saturated carbocycles. The lowest BCUT2D eigenvalue weighted by atomic mass is 9.81. The fourth-order valence-electron chi connectivity index (χ4n) is 2.85. The summed E-state index contributed by atoms with van der Waals surface area (Å²) in [7, 11) is 1.55. The average molecular weight is 358 g/mol. The monoisotopic (exact) mass is 358 g/mol. The molecule has 0 unspecified atom stereocenters. The van der Waals surface area contributed by atoms with Crippen molar-refractivity contribution in [2.75, 3.05) is 26.7 Å². The lowest BCUT2D eigenvalue weighted by Crippen LogP contribution is -2.61. The van der Waals surface area contributed by atoms with E-state index in [9.17, 15) is 14.0 Å². The highest BCUT2D eigenvalue weighted by atomic mass is 19.1. The molecule has 3 rings (SSSR count). The zero-order valence-corrected chi connectivity index (χ0v) is 14.6. The molecule has 8 heteroatoms. The van der Waals surface area contributed by atoms with Crippen molar-refractivity contribution in [2.45, 2.75) is 12.3 Å². The van der Waals surface area contributed by atoms with Gasteiger partial charge >= 0.3 is 0 Å². The largest absolute Gasteiger partial charge is 0.420 e. The van der Waals surface area contributed by atoms with Gasteiger partial charge in [0, 0.05) is 25.7 Å². The van der Waals surface area contributed by atoms with Crippen molar-refractivity contribution in [2.24, 2.45) is 0 Å². The Kier molecular flexibility index (Phi) is 4.58. The van der Waals surface area contributed by atoms with Gasteiger partial charge in [-0.3, -0.25) is 9.59 Å². The van der Waals surface area contributed by atoms with Gasteiger partial charge in [0.1, 0.15) is 5.82 Å². The number of benzene rings is 1. The molecule has 1 aliphatic heterocycles. The van der Waals surface area contributed by atoms with Crippen LogP contribution in [0.2, 0.25) is 0 Å². The second-order valence-corrected chi connectivity index (χ2v) is 6.63. The van der Waals surface area contributed by atoms with Crippen molar-refractivity contribution in [3.63, 3.8) is 0 Å². The van der Waals surface area contributed by atoms with E-state index in [-0.39, 0.29) is 30.1 Å². The molecule has 26 heavy (non-hydrogen) atoms. The van der Waals surface area contributed by atoms with Crippen LogP contribution in [0, 0.1) is 5.82 Å². The van der Waals surface area contributed by atoms with Crippen LogP contribution in [0.4, 0.5) is 4.39 Å². The minimum absolute atomic E-state index is 0.0146. The first-order chi connectivity index (χ1) is 12.3. The van der Waals surface area contributed by atoms with Crippen molar-refractivity contribution in [3.05, 3.63) is 48.6 Å². The highest BCUT2D eigenvalue weighted by molar-refractivity contribution is 5.90. The maximum atomic E-state index is 13.3. The van der Waals surface area contributed by atoms with E-state index >= 15 is 0 Å². The second kappa shape index (κ2) is 6.70. The number of amides is 2. The molecular weight excluding hydrogens is 339 g/mol. The lowest BCUT2D eigenvalue weighted by molar-refractivity contribution is -0.143. The van der Waals surface area contributed by atoms with Crippen molar-refractivity contribution >= 4 is 11.8 Å². The van der Waals surface area contributed by atoms with Gasteiger partial charge in [-0.15, -0.1) is 10.2 Å². The number of halogens is 1. The smallest absolute Gasteiger partial charge is 0.247 e. The molecule has 1 aromatic carbocycles. The third-order valence-electron chi connectivity index (χ3n) is 4.37. The van der Waals surface area contributed by atoms with Crippen LogP contribution in [0.25, 0.3) is 11.5 Å². The molecule has 0 bridgehead atoms. The van der Waals surface area contributed by atoms with Crippen LogP contribution in [-0.4, -0.2) is 58.5 Å². The minimum Gasteiger partial charge on any atom is -0.420 e. The molecule has 1 fully saturated rings. The first-order valence-corrected chi connectivity index (χ1v) is 8.07. The number of hydrogen-bond acceptors (Lipinski definition) is 5. The van der Waals surface area contributed by atoms with Gasteiger partial charge in [-0.1, -0.05) is 12.6 Å². The maximum absolute atomic E-state index is 13.3. The van der Waals surface area contributed by atoms with Gasteiger partial charge in [-0.25, -0.2) is 4.39 Å². The van der Waals surface area contributed by atoms with E-state index in [2.05, 4.69) is 16.8 Å². The predicted octanol–water partition coefficient (Wildman–Crippen LogP) is 1.62. The first kappa shape index (κ1) is 17.8. The van der Waals surface area contributed by atoms with Gasteiger partial charge in [-0.2, -0.15) is 0 Å². The maximum Gasteiger partial charge on any atom is 0.247 e. The summed E-state index contributed by atoms with van der Waals surface area (Å²) in [6.45, 7) is 6.12. The molecule has 136 valence electrons. The molecule has 1 aliphatic rings. The number of carbonyl (C=O) groups is 2. The molecule has 2 amide bonds. The molecule has 2 aromatic rings. The third kappa shape index (κ3) is 3.35. The highest BCUT2D eigenvalue weighted by Gasteiger charge is 2.46. The summed E-state index contributed by atoms with van der Waals surface area (Å²) < 4.78 is 19.0. The van der Waals surface area contributed by atoms with Gasteiger partial charge in [0.05, 0.1) is 12.0 Å². The first-order valence-electron chi connectivity index (χ1n) is 8.07. The normalized spacial score (nSPS) is 15.3. The topological polar surface area (TPSA) is 79.5 Å². The number of nitrogens with zero attached hydrogens (tertiary/aromatic N) is 4. The molecule has 0 aliphatic carbocycles. The Morgan fingerprint density at radius 3 is 2.81 bits per heavy atom. The summed E-state index contributed by atoms with van der Waals surface area (Å²) in [5.41, 5.74) is 0.0408. The number of likely N-dealkylation sites (tertiary alicyclic amines) is 1. The van der Waals surface area contributed by atoms with Crippen molar-refractivity contribution in [3.8, 4) is 11.5 Å². The summed E-state index contributed by atoms with van der Waals surface area (Å²) in [5, 5.41) is 8.03. The standard InChI is InChI=1S/C18H19FN4O3/c1-4-14(24)22(3)9-15(25)23-10-18(2,11-23)17-21-20-16(26-17)12-6-5-7-13(19)8-12/h4-8H,1,9-11H2,2-3H3. The van der Waals surface area contributed by atoms with E-state index < -0.39 is 5.41 Å². The number of carbonyl (C=O) groups excluding carboxylic acids is 2. The van der Waals surface area contributed by atoms with E-state index in [1.165, 1.54) is 23.1 Å². The van der Waals surface area contributed by atoms with E-state index in [1.54, 1.807) is 24.1 Å². The molecule has 2 heterocycles. The van der Waals surface area contributed by atoms with Crippen molar-refractivity contribution in [1.82, 2.24) is 20.0 Å². The van der Waals surface area contributed by atoms with Gasteiger partial charge in [0.25, 0.3) is 0 Å². The van der Waals surface area contributed by atoms with E-state index in [4.69, 9.17) is 4.42 Å². The fraction of sp³-hybridized carbons (Fsp3) is 0.333. The quantitative estimate of drug-likeness (QED) is 0.759. The van der Waals surface area contributed by atoms with Gasteiger partial charge < -0.3 is 14.2 Å². The zero-order chi connectivity index (χ0) is 18.9. The Labute approximate surface area is 150 Å². The Morgan fingerprint density at radius 1 is 1.42 bits per heavy atom. The van der Waals surface area contributed by atoms with E-state index in [1.807, 2.05) is 6.92 Å². The van der Waals surface area contributed by atoms with E-state index in [0.29, 0.717) is 24.5 Å². The van der Waals surface area contributed by atoms with Crippen molar-refractivity contribution in [1.29, 1.82) is 0 Å². The number of hydrogen-bond donors (Lipinski definition) is 0. The number of rotatable bonds is 5.